The predicted octanol–water partition coefficient (Wildman–Crippen LogP) is 4.37. The van der Waals surface area contributed by atoms with Crippen molar-refractivity contribution in [1.82, 2.24) is 0 Å². The van der Waals surface area contributed by atoms with Crippen LogP contribution in [-0.2, 0) is 6.54 Å². The summed E-state index contributed by atoms with van der Waals surface area (Å²) in [7, 11) is 0. The van der Waals surface area contributed by atoms with E-state index in [1.807, 2.05) is 0 Å². The summed E-state index contributed by atoms with van der Waals surface area (Å²) in [4.78, 5) is 0. The Hall–Kier alpha value is -1.68. The first-order chi connectivity index (χ1) is 8.56. The molecule has 2 aromatic carbocycles. The summed E-state index contributed by atoms with van der Waals surface area (Å²) < 4.78 is 39.1. The fourth-order valence-electron chi connectivity index (χ4n) is 1.50. The average Bonchev–Trinajstić information content (AvgIpc) is 2.32. The van der Waals surface area contributed by atoms with Crippen LogP contribution in [0.2, 0.25) is 5.02 Å². The number of nitrogens with one attached hydrogen (secondary N) is 1. The number of halogens is 4. The van der Waals surface area contributed by atoms with Crippen molar-refractivity contribution in [3.8, 4) is 0 Å². The summed E-state index contributed by atoms with van der Waals surface area (Å²) in [6.45, 7) is 0.0644. The average molecular weight is 272 g/mol. The van der Waals surface area contributed by atoms with Gasteiger partial charge in [0.2, 0.25) is 0 Å². The normalized spacial score (nSPS) is 10.4. The van der Waals surface area contributed by atoms with Crippen molar-refractivity contribution in [1.29, 1.82) is 0 Å². The first-order valence-electron chi connectivity index (χ1n) is 5.19. The largest absolute Gasteiger partial charge is 0.380 e. The van der Waals surface area contributed by atoms with Gasteiger partial charge >= 0.3 is 0 Å². The molecule has 0 heterocycles. The zero-order chi connectivity index (χ0) is 13.1. The summed E-state index contributed by atoms with van der Waals surface area (Å²) >= 11 is 5.80. The van der Waals surface area contributed by atoms with Crippen molar-refractivity contribution in [2.75, 3.05) is 5.32 Å². The topological polar surface area (TPSA) is 12.0 Å². The highest BCUT2D eigenvalue weighted by atomic mass is 35.5. The summed E-state index contributed by atoms with van der Waals surface area (Å²) in [6.07, 6.45) is 0. The Balaban J connectivity index is 2.13. The van der Waals surface area contributed by atoms with E-state index >= 15 is 0 Å². The van der Waals surface area contributed by atoms with Crippen LogP contribution < -0.4 is 5.32 Å². The second kappa shape index (κ2) is 5.31. The highest BCUT2D eigenvalue weighted by Gasteiger charge is 2.06. The molecule has 2 rings (SSSR count). The summed E-state index contributed by atoms with van der Waals surface area (Å²) in [5.41, 5.74) is 0.636. The van der Waals surface area contributed by atoms with Crippen LogP contribution in [0.1, 0.15) is 5.56 Å². The van der Waals surface area contributed by atoms with Gasteiger partial charge in [-0.15, -0.1) is 0 Å². The predicted molar refractivity (Wildman–Crippen MR) is 65.1 cm³/mol. The molecule has 0 spiro atoms. The van der Waals surface area contributed by atoms with Crippen molar-refractivity contribution in [2.45, 2.75) is 6.54 Å². The molecule has 0 bridgehead atoms. The number of hydrogen-bond acceptors (Lipinski definition) is 1. The van der Waals surface area contributed by atoms with Crippen molar-refractivity contribution >= 4 is 17.3 Å². The number of benzene rings is 2. The highest BCUT2D eigenvalue weighted by molar-refractivity contribution is 6.33. The van der Waals surface area contributed by atoms with E-state index in [2.05, 4.69) is 5.32 Å². The standard InChI is InChI=1S/C13H9ClF3N/c14-11-6-10(16)2-4-13(11)18-7-8-5-9(15)1-3-12(8)17/h1-6,18H,7H2. The van der Waals surface area contributed by atoms with E-state index in [4.69, 9.17) is 11.6 Å². The minimum absolute atomic E-state index is 0.0644. The SMILES string of the molecule is Fc1ccc(NCc2cc(F)ccc2F)c(Cl)c1. The first kappa shape index (κ1) is 12.8. The zero-order valence-corrected chi connectivity index (χ0v) is 9.94. The molecule has 0 unspecified atom stereocenters. The zero-order valence-electron chi connectivity index (χ0n) is 9.18. The van der Waals surface area contributed by atoms with Crippen molar-refractivity contribution < 1.29 is 13.2 Å². The van der Waals surface area contributed by atoms with Gasteiger partial charge in [-0.1, -0.05) is 11.6 Å². The maximum Gasteiger partial charge on any atom is 0.128 e. The molecule has 1 nitrogen and oxygen atoms in total. The van der Waals surface area contributed by atoms with Gasteiger partial charge in [0.1, 0.15) is 17.5 Å². The second-order valence-electron chi connectivity index (χ2n) is 3.71. The minimum Gasteiger partial charge on any atom is -0.380 e. The molecule has 0 fully saturated rings. The molecule has 94 valence electrons. The van der Waals surface area contributed by atoms with Crippen LogP contribution in [0.4, 0.5) is 18.9 Å². The van der Waals surface area contributed by atoms with Gasteiger partial charge in [-0.2, -0.15) is 0 Å². The van der Waals surface area contributed by atoms with Crippen molar-refractivity contribution in [2.24, 2.45) is 0 Å². The van der Waals surface area contributed by atoms with Gasteiger partial charge in [0.15, 0.2) is 0 Å². The number of anilines is 1. The molecular weight excluding hydrogens is 263 g/mol. The van der Waals surface area contributed by atoms with Crippen LogP contribution in [-0.4, -0.2) is 0 Å². The number of rotatable bonds is 3. The minimum atomic E-state index is -0.515. The van der Waals surface area contributed by atoms with E-state index in [1.54, 1.807) is 0 Å². The Morgan fingerprint density at radius 1 is 0.944 bits per heavy atom. The van der Waals surface area contributed by atoms with Crippen molar-refractivity contribution in [3.05, 3.63) is 64.4 Å². The molecule has 0 aliphatic rings. The molecule has 2 aromatic rings. The molecule has 0 aliphatic heterocycles. The van der Waals surface area contributed by atoms with Crippen molar-refractivity contribution in [3.63, 3.8) is 0 Å². The van der Waals surface area contributed by atoms with Gasteiger partial charge < -0.3 is 5.32 Å². The third-order valence-electron chi connectivity index (χ3n) is 2.41. The molecule has 0 aromatic heterocycles. The van der Waals surface area contributed by atoms with Gasteiger partial charge in [-0.05, 0) is 36.4 Å². The van der Waals surface area contributed by atoms with Gasteiger partial charge in [0, 0.05) is 12.1 Å². The van der Waals surface area contributed by atoms with E-state index < -0.39 is 17.5 Å². The molecule has 1 N–H and O–H groups in total. The molecular formula is C13H9ClF3N. The monoisotopic (exact) mass is 271 g/mol. The molecule has 0 aliphatic carbocycles. The lowest BCUT2D eigenvalue weighted by Crippen LogP contribution is -2.03. The van der Waals surface area contributed by atoms with Crippen LogP contribution in [0.5, 0.6) is 0 Å². The lowest BCUT2D eigenvalue weighted by molar-refractivity contribution is 0.587. The van der Waals surface area contributed by atoms with E-state index in [9.17, 15) is 13.2 Å². The fourth-order valence-corrected chi connectivity index (χ4v) is 1.74. The molecule has 0 radical (unpaired) electrons. The highest BCUT2D eigenvalue weighted by Crippen LogP contribution is 2.23. The first-order valence-corrected chi connectivity index (χ1v) is 5.57. The smallest absolute Gasteiger partial charge is 0.128 e. The van der Waals surface area contributed by atoms with Crippen LogP contribution >= 0.6 is 11.6 Å². The number of hydrogen-bond donors (Lipinski definition) is 1. The molecule has 0 saturated carbocycles. The van der Waals surface area contributed by atoms with Crippen LogP contribution in [0.15, 0.2) is 36.4 Å². The van der Waals surface area contributed by atoms with Crippen LogP contribution in [0.25, 0.3) is 0 Å². The third-order valence-corrected chi connectivity index (χ3v) is 2.72. The summed E-state index contributed by atoms with van der Waals surface area (Å²) in [5, 5.41) is 3.01. The van der Waals surface area contributed by atoms with Gasteiger partial charge in [0.05, 0.1) is 10.7 Å². The Morgan fingerprint density at radius 2 is 1.61 bits per heavy atom. The molecule has 0 atom stereocenters. The second-order valence-corrected chi connectivity index (χ2v) is 4.12. The molecule has 18 heavy (non-hydrogen) atoms. The summed E-state index contributed by atoms with van der Waals surface area (Å²) in [6, 6.07) is 7.01. The Kier molecular flexibility index (Phi) is 3.77. The quantitative estimate of drug-likeness (QED) is 0.874. The summed E-state index contributed by atoms with van der Waals surface area (Å²) in [5.74, 6) is -1.48. The van der Waals surface area contributed by atoms with Gasteiger partial charge in [0.25, 0.3) is 0 Å². The maximum atomic E-state index is 13.3. The maximum absolute atomic E-state index is 13.3. The third kappa shape index (κ3) is 2.96. The van der Waals surface area contributed by atoms with E-state index in [-0.39, 0.29) is 17.1 Å². The Bertz CT molecular complexity index is 572. The van der Waals surface area contributed by atoms with Crippen LogP contribution in [0.3, 0.4) is 0 Å². The van der Waals surface area contributed by atoms with E-state index in [0.29, 0.717) is 5.69 Å². The Labute approximate surface area is 107 Å². The van der Waals surface area contributed by atoms with Gasteiger partial charge in [-0.25, -0.2) is 13.2 Å². The van der Waals surface area contributed by atoms with E-state index in [0.717, 1.165) is 24.3 Å². The lowest BCUT2D eigenvalue weighted by Gasteiger charge is -2.09. The Morgan fingerprint density at radius 3 is 2.33 bits per heavy atom. The fraction of sp³-hybridized carbons (Fsp3) is 0.0769. The molecule has 0 saturated heterocycles. The van der Waals surface area contributed by atoms with E-state index in [1.165, 1.54) is 12.1 Å². The molecule has 0 amide bonds. The molecule has 5 heteroatoms. The van der Waals surface area contributed by atoms with Gasteiger partial charge in [-0.3, -0.25) is 0 Å². The lowest BCUT2D eigenvalue weighted by atomic mass is 10.2. The van der Waals surface area contributed by atoms with Crippen LogP contribution in [0, 0.1) is 17.5 Å².